The lowest BCUT2D eigenvalue weighted by Gasteiger charge is -2.39. The molecule has 2 N–H and O–H groups in total. The first-order valence-corrected chi connectivity index (χ1v) is 12.7. The van der Waals surface area contributed by atoms with E-state index in [1.807, 2.05) is 52.0 Å². The molecule has 0 aromatic heterocycles. The van der Waals surface area contributed by atoms with Crippen molar-refractivity contribution >= 4 is 23.4 Å². The van der Waals surface area contributed by atoms with E-state index in [4.69, 9.17) is 21.1 Å². The van der Waals surface area contributed by atoms with Crippen LogP contribution in [0.5, 0.6) is 11.5 Å². The summed E-state index contributed by atoms with van der Waals surface area (Å²) < 4.78 is 11.2. The summed E-state index contributed by atoms with van der Waals surface area (Å²) in [5.74, 6) is -1.19. The highest BCUT2D eigenvalue weighted by atomic mass is 35.5. The molecular weight excluding hydrogens is 478 g/mol. The number of phenolic OH excluding ortho intramolecular Hbond substituents is 1. The van der Waals surface area contributed by atoms with Crippen molar-refractivity contribution in [3.8, 4) is 11.5 Å². The van der Waals surface area contributed by atoms with Crippen LogP contribution in [0.4, 0.5) is 0 Å². The third-order valence-corrected chi connectivity index (χ3v) is 6.82. The first-order chi connectivity index (χ1) is 17.2. The van der Waals surface area contributed by atoms with Gasteiger partial charge in [0.2, 0.25) is 0 Å². The summed E-state index contributed by atoms with van der Waals surface area (Å²) in [7, 11) is 0. The van der Waals surface area contributed by atoms with E-state index in [0.29, 0.717) is 40.6 Å². The molecule has 1 aliphatic heterocycles. The smallest absolute Gasteiger partial charge is 0.336 e. The molecule has 3 atom stereocenters. The minimum atomic E-state index is -0.585. The van der Waals surface area contributed by atoms with Gasteiger partial charge in [-0.15, -0.1) is 0 Å². The Morgan fingerprint density at radius 2 is 1.83 bits per heavy atom. The highest BCUT2D eigenvalue weighted by molar-refractivity contribution is 6.30. The van der Waals surface area contributed by atoms with Gasteiger partial charge in [0.25, 0.3) is 0 Å². The Balaban J connectivity index is 1.81. The van der Waals surface area contributed by atoms with Gasteiger partial charge in [0.15, 0.2) is 11.5 Å². The quantitative estimate of drug-likeness (QED) is 0.455. The number of esters is 1. The number of Topliss-reactive ketones (excluding diaryl/α,β-unsaturated/α-hetero) is 1. The molecule has 0 radical (unpaired) electrons. The monoisotopic (exact) mass is 509 g/mol. The third kappa shape index (κ3) is 5.29. The molecule has 0 spiro atoms. The molecule has 1 aliphatic carbocycles. The number of hydrogen-bond donors (Lipinski definition) is 2. The second-order valence-corrected chi connectivity index (χ2v) is 10.2. The van der Waals surface area contributed by atoms with Crippen molar-refractivity contribution in [2.75, 3.05) is 13.2 Å². The van der Waals surface area contributed by atoms with Crippen LogP contribution in [0.2, 0.25) is 5.02 Å². The number of phenols is 1. The second-order valence-electron chi connectivity index (χ2n) is 9.72. The number of allylic oxidation sites excluding steroid dienone is 3. The molecular formula is C29H32ClNO5. The average molecular weight is 510 g/mol. The number of hydrogen-bond acceptors (Lipinski definition) is 6. The van der Waals surface area contributed by atoms with E-state index in [2.05, 4.69) is 11.4 Å². The highest BCUT2D eigenvalue weighted by Gasteiger charge is 2.45. The Bertz CT molecular complexity index is 1210. The van der Waals surface area contributed by atoms with E-state index in [9.17, 15) is 14.7 Å². The summed E-state index contributed by atoms with van der Waals surface area (Å²) >= 11 is 6.06. The molecule has 0 bridgehead atoms. The van der Waals surface area contributed by atoms with Gasteiger partial charge in [0.1, 0.15) is 5.78 Å². The van der Waals surface area contributed by atoms with Crippen LogP contribution in [0.3, 0.4) is 0 Å². The molecule has 3 unspecified atom stereocenters. The minimum absolute atomic E-state index is 0.00714. The zero-order valence-electron chi connectivity index (χ0n) is 21.0. The normalized spacial score (nSPS) is 21.6. The number of carbonyl (C=O) groups is 2. The van der Waals surface area contributed by atoms with Crippen LogP contribution in [0.1, 0.15) is 57.1 Å². The molecule has 0 amide bonds. The average Bonchev–Trinajstić information content (AvgIpc) is 2.83. The molecule has 2 aliphatic rings. The summed E-state index contributed by atoms with van der Waals surface area (Å²) in [5, 5.41) is 14.3. The summed E-state index contributed by atoms with van der Waals surface area (Å²) in [6.45, 7) is 8.26. The molecule has 2 aromatic carbocycles. The fourth-order valence-corrected chi connectivity index (χ4v) is 5.07. The number of ketones is 1. The maximum Gasteiger partial charge on any atom is 0.336 e. The van der Waals surface area contributed by atoms with E-state index in [1.54, 1.807) is 18.2 Å². The summed E-state index contributed by atoms with van der Waals surface area (Å²) in [4.78, 5) is 27.0. The molecule has 6 nitrogen and oxygen atoms in total. The Labute approximate surface area is 216 Å². The molecule has 36 heavy (non-hydrogen) atoms. The van der Waals surface area contributed by atoms with E-state index >= 15 is 0 Å². The van der Waals surface area contributed by atoms with Gasteiger partial charge in [0.05, 0.1) is 24.7 Å². The second kappa shape index (κ2) is 10.8. The van der Waals surface area contributed by atoms with Crippen molar-refractivity contribution in [1.82, 2.24) is 5.32 Å². The molecule has 0 fully saturated rings. The number of carbonyl (C=O) groups excluding carboxylic acids is 2. The lowest BCUT2D eigenvalue weighted by molar-refractivity contribution is -0.140. The number of benzene rings is 2. The first-order valence-electron chi connectivity index (χ1n) is 12.3. The van der Waals surface area contributed by atoms with E-state index in [0.717, 1.165) is 11.3 Å². The fraction of sp³-hybridized carbons (Fsp3) is 0.379. The Kier molecular flexibility index (Phi) is 7.74. The predicted octanol–water partition coefficient (Wildman–Crippen LogP) is 5.86. The van der Waals surface area contributed by atoms with Crippen LogP contribution in [0, 0.1) is 11.8 Å². The lowest BCUT2D eigenvalue weighted by atomic mass is 9.68. The SMILES string of the molecule is CCOc1cc(C2C(C(=O)OCC(C)C)=C(C)NC3=CC(c4ccc(Cl)cc4)CC(=O)C32)ccc1O. The Hall–Kier alpha value is -3.25. The minimum Gasteiger partial charge on any atom is -0.504 e. The molecule has 0 saturated carbocycles. The number of fused-ring (bicyclic) bond motifs is 1. The summed E-state index contributed by atoms with van der Waals surface area (Å²) in [6, 6.07) is 12.5. The van der Waals surface area contributed by atoms with Gasteiger partial charge >= 0.3 is 5.97 Å². The van der Waals surface area contributed by atoms with E-state index < -0.39 is 17.8 Å². The molecule has 4 rings (SSSR count). The number of nitrogens with one attached hydrogen (secondary N) is 1. The zero-order chi connectivity index (χ0) is 26.0. The van der Waals surface area contributed by atoms with Crippen molar-refractivity contribution in [3.63, 3.8) is 0 Å². The number of rotatable bonds is 7. The van der Waals surface area contributed by atoms with Crippen LogP contribution in [-0.2, 0) is 14.3 Å². The largest absolute Gasteiger partial charge is 0.504 e. The van der Waals surface area contributed by atoms with Gasteiger partial charge in [-0.2, -0.15) is 0 Å². The van der Waals surface area contributed by atoms with Crippen molar-refractivity contribution in [2.24, 2.45) is 11.8 Å². The van der Waals surface area contributed by atoms with Gasteiger partial charge in [-0.05, 0) is 55.2 Å². The Morgan fingerprint density at radius 3 is 2.50 bits per heavy atom. The van der Waals surface area contributed by atoms with Crippen molar-refractivity contribution in [1.29, 1.82) is 0 Å². The Morgan fingerprint density at radius 1 is 1.14 bits per heavy atom. The lowest BCUT2D eigenvalue weighted by Crippen LogP contribution is -2.42. The first kappa shape index (κ1) is 25.8. The van der Waals surface area contributed by atoms with E-state index in [1.165, 1.54) is 0 Å². The van der Waals surface area contributed by atoms with Gasteiger partial charge in [-0.1, -0.05) is 49.7 Å². The van der Waals surface area contributed by atoms with E-state index in [-0.39, 0.29) is 30.0 Å². The van der Waals surface area contributed by atoms with Gasteiger partial charge < -0.3 is 19.9 Å². The number of ether oxygens (including phenoxy) is 2. The molecule has 1 heterocycles. The third-order valence-electron chi connectivity index (χ3n) is 6.57. The topological polar surface area (TPSA) is 84.9 Å². The van der Waals surface area contributed by atoms with Gasteiger partial charge in [-0.3, -0.25) is 4.79 Å². The maximum atomic E-state index is 13.7. The van der Waals surface area contributed by atoms with Crippen molar-refractivity contribution in [3.05, 3.63) is 81.7 Å². The maximum absolute atomic E-state index is 13.7. The van der Waals surface area contributed by atoms with Crippen LogP contribution in [0.15, 0.2) is 65.5 Å². The summed E-state index contributed by atoms with van der Waals surface area (Å²) in [5.41, 5.74) is 3.54. The zero-order valence-corrected chi connectivity index (χ0v) is 21.8. The number of halogens is 1. The summed E-state index contributed by atoms with van der Waals surface area (Å²) in [6.07, 6.45) is 2.38. The van der Waals surface area contributed by atoms with Crippen molar-refractivity contribution < 1.29 is 24.2 Å². The fourth-order valence-electron chi connectivity index (χ4n) is 4.94. The highest BCUT2D eigenvalue weighted by Crippen LogP contribution is 2.47. The standard InChI is InChI=1S/C29H32ClNO5/c1-5-35-25-14-19(8-11-23(25)32)27-26(29(34)36-15-16(2)3)17(4)31-22-12-20(13-24(33)28(22)27)18-6-9-21(30)10-7-18/h6-12,14,16,20,27-28,31-32H,5,13,15H2,1-4H3. The van der Waals surface area contributed by atoms with Gasteiger partial charge in [0, 0.05) is 34.7 Å². The van der Waals surface area contributed by atoms with Crippen LogP contribution < -0.4 is 10.1 Å². The molecule has 7 heteroatoms. The predicted molar refractivity (Wildman–Crippen MR) is 139 cm³/mol. The molecule has 190 valence electrons. The number of aromatic hydroxyl groups is 1. The van der Waals surface area contributed by atoms with Crippen LogP contribution in [0.25, 0.3) is 0 Å². The molecule has 2 aromatic rings. The molecule has 0 saturated heterocycles. The van der Waals surface area contributed by atoms with Crippen LogP contribution in [-0.4, -0.2) is 30.1 Å². The van der Waals surface area contributed by atoms with Crippen molar-refractivity contribution in [2.45, 2.75) is 46.0 Å². The van der Waals surface area contributed by atoms with Gasteiger partial charge in [-0.25, -0.2) is 4.79 Å². The van der Waals surface area contributed by atoms with Crippen LogP contribution >= 0.6 is 11.6 Å².